The molecule has 1 N–H and O–H groups in total. The molecule has 3 atom stereocenters. The molecule has 0 amide bonds. The number of piperidine rings is 1. The normalized spacial score (nSPS) is 27.0. The monoisotopic (exact) mass is 317 g/mol. The van der Waals surface area contributed by atoms with Crippen molar-refractivity contribution in [2.45, 2.75) is 43.8 Å². The van der Waals surface area contributed by atoms with Crippen molar-refractivity contribution in [2.75, 3.05) is 4.90 Å². The van der Waals surface area contributed by atoms with Gasteiger partial charge in [-0.05, 0) is 49.9 Å². The highest BCUT2D eigenvalue weighted by Crippen LogP contribution is 2.49. The van der Waals surface area contributed by atoms with Crippen LogP contribution in [0.3, 0.4) is 0 Å². The number of nitrogens with one attached hydrogen (secondary N) is 1. The van der Waals surface area contributed by atoms with Crippen LogP contribution in [-0.4, -0.2) is 18.1 Å². The zero-order valence-corrected chi connectivity index (χ0v) is 13.4. The second-order valence-corrected chi connectivity index (χ2v) is 7.00. The topological polar surface area (TPSA) is 48.3 Å². The molecule has 2 bridgehead atoms. The third kappa shape index (κ3) is 2.09. The molecule has 0 radical (unpaired) electrons. The van der Waals surface area contributed by atoms with Crippen molar-refractivity contribution in [3.63, 3.8) is 0 Å². The van der Waals surface area contributed by atoms with Crippen molar-refractivity contribution in [1.29, 1.82) is 5.26 Å². The lowest BCUT2D eigenvalue weighted by Crippen LogP contribution is -2.47. The fraction of sp³-hybridized carbons (Fsp3) is 0.350. The zero-order valence-electron chi connectivity index (χ0n) is 13.4. The maximum Gasteiger partial charge on any atom is 0.152 e. The van der Waals surface area contributed by atoms with Crippen LogP contribution in [-0.2, 0) is 0 Å². The number of hydrogen-bond acceptors (Lipinski definition) is 4. The molecule has 24 heavy (non-hydrogen) atoms. The largest absolute Gasteiger partial charge is 0.453 e. The van der Waals surface area contributed by atoms with Gasteiger partial charge in [0.2, 0.25) is 0 Å². The van der Waals surface area contributed by atoms with Crippen LogP contribution in [0.5, 0.6) is 11.5 Å². The summed E-state index contributed by atoms with van der Waals surface area (Å²) in [5.74, 6) is 1.67. The second-order valence-electron chi connectivity index (χ2n) is 7.00. The number of nitriles is 1. The number of rotatable bonds is 1. The van der Waals surface area contributed by atoms with E-state index in [1.54, 1.807) is 0 Å². The predicted molar refractivity (Wildman–Crippen MR) is 92.8 cm³/mol. The molecule has 4 nitrogen and oxygen atoms in total. The maximum atomic E-state index is 9.20. The Morgan fingerprint density at radius 2 is 1.75 bits per heavy atom. The first-order valence-electron chi connectivity index (χ1n) is 8.68. The quantitative estimate of drug-likeness (QED) is 0.861. The van der Waals surface area contributed by atoms with Gasteiger partial charge in [0.25, 0.3) is 0 Å². The van der Waals surface area contributed by atoms with Crippen molar-refractivity contribution in [3.05, 3.63) is 48.0 Å². The number of fused-ring (bicyclic) bond motifs is 4. The van der Waals surface area contributed by atoms with Gasteiger partial charge in [-0.1, -0.05) is 12.1 Å². The van der Waals surface area contributed by atoms with Crippen LogP contribution in [0.2, 0.25) is 0 Å². The van der Waals surface area contributed by atoms with E-state index >= 15 is 0 Å². The lowest BCUT2D eigenvalue weighted by atomic mass is 9.95. The van der Waals surface area contributed by atoms with Crippen molar-refractivity contribution < 1.29 is 4.74 Å². The van der Waals surface area contributed by atoms with Crippen molar-refractivity contribution in [2.24, 2.45) is 0 Å². The first-order chi connectivity index (χ1) is 11.8. The van der Waals surface area contributed by atoms with E-state index in [-0.39, 0.29) is 0 Å². The lowest BCUT2D eigenvalue weighted by Gasteiger charge is -2.42. The number of nitrogens with zero attached hydrogens (tertiary/aromatic N) is 2. The fourth-order valence-corrected chi connectivity index (χ4v) is 4.49. The number of anilines is 2. The van der Waals surface area contributed by atoms with Crippen LogP contribution in [0, 0.1) is 11.3 Å². The van der Waals surface area contributed by atoms with Gasteiger partial charge in [0, 0.05) is 24.2 Å². The minimum atomic E-state index is 0.473. The van der Waals surface area contributed by atoms with E-state index in [1.807, 2.05) is 30.3 Å². The van der Waals surface area contributed by atoms with Crippen LogP contribution in [0.25, 0.3) is 0 Å². The third-order valence-corrected chi connectivity index (χ3v) is 5.51. The van der Waals surface area contributed by atoms with E-state index in [4.69, 9.17) is 4.74 Å². The van der Waals surface area contributed by atoms with Crippen LogP contribution in [0.15, 0.2) is 42.5 Å². The molecule has 3 heterocycles. The summed E-state index contributed by atoms with van der Waals surface area (Å²) in [5.41, 5.74) is 2.86. The van der Waals surface area contributed by atoms with Crippen LogP contribution in [0.1, 0.15) is 31.2 Å². The van der Waals surface area contributed by atoms with Gasteiger partial charge >= 0.3 is 0 Å². The van der Waals surface area contributed by atoms with Crippen LogP contribution < -0.4 is 15.0 Å². The molecule has 120 valence electrons. The Labute approximate surface area is 141 Å². The average Bonchev–Trinajstić information content (AvgIpc) is 2.97. The van der Waals surface area contributed by atoms with Gasteiger partial charge in [-0.3, -0.25) is 0 Å². The van der Waals surface area contributed by atoms with Crippen molar-refractivity contribution >= 4 is 11.4 Å². The summed E-state index contributed by atoms with van der Waals surface area (Å²) in [6, 6.07) is 17.9. The molecule has 0 spiro atoms. The molecule has 2 unspecified atom stereocenters. The summed E-state index contributed by atoms with van der Waals surface area (Å²) in [7, 11) is 0. The van der Waals surface area contributed by atoms with Gasteiger partial charge in [0.1, 0.15) is 0 Å². The van der Waals surface area contributed by atoms with Gasteiger partial charge in [0.15, 0.2) is 11.5 Å². The van der Waals surface area contributed by atoms with Crippen LogP contribution in [0.4, 0.5) is 11.4 Å². The van der Waals surface area contributed by atoms with Crippen molar-refractivity contribution in [3.8, 4) is 17.6 Å². The Balaban J connectivity index is 1.62. The molecule has 0 saturated carbocycles. The molecule has 5 rings (SSSR count). The minimum absolute atomic E-state index is 0.473. The van der Waals surface area contributed by atoms with E-state index in [9.17, 15) is 5.26 Å². The van der Waals surface area contributed by atoms with E-state index in [0.29, 0.717) is 23.7 Å². The van der Waals surface area contributed by atoms with Gasteiger partial charge in [0.05, 0.1) is 23.0 Å². The Kier molecular flexibility index (Phi) is 3.04. The molecule has 0 aliphatic carbocycles. The summed E-state index contributed by atoms with van der Waals surface area (Å²) >= 11 is 0. The summed E-state index contributed by atoms with van der Waals surface area (Å²) in [5, 5.41) is 12.9. The van der Waals surface area contributed by atoms with Gasteiger partial charge in [-0.15, -0.1) is 0 Å². The number of para-hydroxylation sites is 2. The number of benzene rings is 2. The molecular weight excluding hydrogens is 298 g/mol. The maximum absolute atomic E-state index is 9.20. The summed E-state index contributed by atoms with van der Waals surface area (Å²) in [6.07, 6.45) is 4.88. The van der Waals surface area contributed by atoms with E-state index in [1.165, 1.54) is 12.8 Å². The van der Waals surface area contributed by atoms with Gasteiger partial charge in [-0.25, -0.2) is 0 Å². The standard InChI is InChI=1S/C20H19N3O/c21-12-13-5-8-18-20(9-13)24-19-4-2-1-3-17(19)23(18)16-10-14-6-7-15(11-16)22-14/h1-5,8-9,14-16,22H,6-7,10-11H2/t14-,15?,16?/m0/s1. The highest BCUT2D eigenvalue weighted by atomic mass is 16.5. The number of hydrogen-bond donors (Lipinski definition) is 1. The average molecular weight is 317 g/mol. The molecule has 2 aromatic carbocycles. The SMILES string of the molecule is N#Cc1ccc2c(c1)Oc1ccccc1N2C1CC2CC[C@@H](C1)N2. The minimum Gasteiger partial charge on any atom is -0.453 e. The summed E-state index contributed by atoms with van der Waals surface area (Å²) in [6.45, 7) is 0. The van der Waals surface area contributed by atoms with Crippen LogP contribution >= 0.6 is 0 Å². The van der Waals surface area contributed by atoms with Gasteiger partial charge < -0.3 is 15.0 Å². The third-order valence-electron chi connectivity index (χ3n) is 5.51. The molecule has 4 heteroatoms. The molecule has 2 saturated heterocycles. The summed E-state index contributed by atoms with van der Waals surface area (Å²) < 4.78 is 6.10. The zero-order chi connectivity index (χ0) is 16.1. The fourth-order valence-electron chi connectivity index (χ4n) is 4.49. The highest BCUT2D eigenvalue weighted by molar-refractivity contribution is 5.79. The lowest BCUT2D eigenvalue weighted by molar-refractivity contribution is 0.353. The summed E-state index contributed by atoms with van der Waals surface area (Å²) in [4.78, 5) is 2.45. The number of ether oxygens (including phenoxy) is 1. The molecular formula is C20H19N3O. The molecule has 3 aliphatic rings. The molecule has 2 fully saturated rings. The predicted octanol–water partition coefficient (Wildman–Crippen LogP) is 4.09. The first kappa shape index (κ1) is 13.9. The Bertz CT molecular complexity index is 829. The highest BCUT2D eigenvalue weighted by Gasteiger charge is 2.39. The Morgan fingerprint density at radius 3 is 2.54 bits per heavy atom. The Morgan fingerprint density at radius 1 is 1.00 bits per heavy atom. The van der Waals surface area contributed by atoms with E-state index in [2.05, 4.69) is 28.4 Å². The smallest absolute Gasteiger partial charge is 0.152 e. The van der Waals surface area contributed by atoms with Crippen molar-refractivity contribution in [1.82, 2.24) is 5.32 Å². The first-order valence-corrected chi connectivity index (χ1v) is 8.68. The molecule has 2 aromatic rings. The molecule has 0 aromatic heterocycles. The molecule has 3 aliphatic heterocycles. The van der Waals surface area contributed by atoms with Gasteiger partial charge in [-0.2, -0.15) is 5.26 Å². The second kappa shape index (κ2) is 5.25. The van der Waals surface area contributed by atoms with E-state index < -0.39 is 0 Å². The Hall–Kier alpha value is -2.51. The van der Waals surface area contributed by atoms with E-state index in [0.717, 1.165) is 35.7 Å².